The maximum Gasteiger partial charge on any atom is 0.338 e. The predicted molar refractivity (Wildman–Crippen MR) is 90.7 cm³/mol. The van der Waals surface area contributed by atoms with Crippen LogP contribution in [0.3, 0.4) is 0 Å². The summed E-state index contributed by atoms with van der Waals surface area (Å²) in [5.74, 6) is -1.20. The van der Waals surface area contributed by atoms with Gasteiger partial charge in [0.2, 0.25) is 0 Å². The van der Waals surface area contributed by atoms with E-state index in [4.69, 9.17) is 4.74 Å². The minimum atomic E-state index is -0.942. The summed E-state index contributed by atoms with van der Waals surface area (Å²) in [4.78, 5) is 35.0. The van der Waals surface area contributed by atoms with Crippen molar-refractivity contribution in [2.75, 3.05) is 7.11 Å². The molecule has 0 aliphatic heterocycles. The second kappa shape index (κ2) is 8.25. The number of carbonyl (C=O) groups is 2. The van der Waals surface area contributed by atoms with E-state index in [9.17, 15) is 19.7 Å². The summed E-state index contributed by atoms with van der Waals surface area (Å²) in [6.07, 6.45) is -0.942. The molecule has 1 aromatic heterocycles. The molecule has 2 aromatic rings. The highest BCUT2D eigenvalue weighted by molar-refractivity contribution is 7.09. The quantitative estimate of drug-likeness (QED) is 0.459. The number of amides is 1. The molecular formula is C16H16N2O6S. The number of hydrogen-bond acceptors (Lipinski definition) is 7. The molecule has 1 atom stereocenters. The molecule has 0 saturated heterocycles. The first-order valence-electron chi connectivity index (χ1n) is 7.26. The van der Waals surface area contributed by atoms with Crippen molar-refractivity contribution < 1.29 is 24.0 Å². The molecule has 132 valence electrons. The van der Waals surface area contributed by atoms with Crippen LogP contribution >= 0.6 is 11.3 Å². The van der Waals surface area contributed by atoms with Gasteiger partial charge in [-0.3, -0.25) is 14.9 Å². The van der Waals surface area contributed by atoms with E-state index in [0.717, 1.165) is 10.9 Å². The third kappa shape index (κ3) is 4.77. The van der Waals surface area contributed by atoms with Gasteiger partial charge in [0.25, 0.3) is 5.91 Å². The van der Waals surface area contributed by atoms with E-state index in [2.05, 4.69) is 10.1 Å². The van der Waals surface area contributed by atoms with Gasteiger partial charge in [0.05, 0.1) is 24.1 Å². The Morgan fingerprint density at radius 3 is 2.72 bits per heavy atom. The number of nitro benzene ring substituents is 1. The second-order valence-corrected chi connectivity index (χ2v) is 6.02. The highest BCUT2D eigenvalue weighted by Gasteiger charge is 2.23. The number of methoxy groups -OCH3 is 1. The summed E-state index contributed by atoms with van der Waals surface area (Å²) in [6.45, 7) is 1.84. The molecule has 1 amide bonds. The van der Waals surface area contributed by atoms with Gasteiger partial charge in [-0.25, -0.2) is 4.79 Å². The number of carbonyl (C=O) groups excluding carboxylic acids is 2. The number of thiophene rings is 1. The zero-order chi connectivity index (χ0) is 18.4. The Bertz CT molecular complexity index is 775. The van der Waals surface area contributed by atoms with Gasteiger partial charge in [-0.2, -0.15) is 0 Å². The topological polar surface area (TPSA) is 108 Å². The van der Waals surface area contributed by atoms with Crippen LogP contribution in [0.1, 0.15) is 22.2 Å². The smallest absolute Gasteiger partial charge is 0.338 e. The fourth-order valence-electron chi connectivity index (χ4n) is 1.98. The first kappa shape index (κ1) is 18.4. The van der Waals surface area contributed by atoms with Crippen LogP contribution in [0.2, 0.25) is 0 Å². The number of nitrogens with zero attached hydrogens (tertiary/aromatic N) is 1. The third-order valence-corrected chi connectivity index (χ3v) is 4.14. The molecule has 0 saturated carbocycles. The molecule has 25 heavy (non-hydrogen) atoms. The van der Waals surface area contributed by atoms with E-state index in [1.807, 2.05) is 17.5 Å². The largest absolute Gasteiger partial charge is 0.474 e. The van der Waals surface area contributed by atoms with Crippen LogP contribution in [0.15, 0.2) is 35.7 Å². The maximum absolute atomic E-state index is 12.1. The molecule has 1 heterocycles. The second-order valence-electron chi connectivity index (χ2n) is 4.99. The lowest BCUT2D eigenvalue weighted by molar-refractivity contribution is -0.386. The highest BCUT2D eigenvalue weighted by atomic mass is 32.1. The SMILES string of the molecule is COC(=O)c1ccc(O[C@H](C)C(=O)NCc2cccs2)c([N+](=O)[O-])c1. The zero-order valence-corrected chi connectivity index (χ0v) is 14.4. The van der Waals surface area contributed by atoms with Crippen molar-refractivity contribution in [3.05, 3.63) is 56.3 Å². The van der Waals surface area contributed by atoms with Crippen molar-refractivity contribution in [2.45, 2.75) is 19.6 Å². The van der Waals surface area contributed by atoms with Crippen LogP contribution in [-0.2, 0) is 16.1 Å². The Hall–Kier alpha value is -2.94. The van der Waals surface area contributed by atoms with Crippen molar-refractivity contribution in [1.82, 2.24) is 5.32 Å². The number of rotatable bonds is 7. The van der Waals surface area contributed by atoms with E-state index in [1.54, 1.807) is 0 Å². The van der Waals surface area contributed by atoms with Crippen LogP contribution in [0, 0.1) is 10.1 Å². The van der Waals surface area contributed by atoms with Crippen LogP contribution < -0.4 is 10.1 Å². The summed E-state index contributed by atoms with van der Waals surface area (Å²) in [6, 6.07) is 7.42. The molecule has 9 heteroatoms. The standard InChI is InChI=1S/C16H16N2O6S/c1-10(15(19)17-9-12-4-3-7-25-12)24-14-6-5-11(16(20)23-2)8-13(14)18(21)22/h3-8,10H,9H2,1-2H3,(H,17,19)/t10-/m1/s1. The normalized spacial score (nSPS) is 11.4. The van der Waals surface area contributed by atoms with Crippen LogP contribution in [-0.4, -0.2) is 30.0 Å². The molecule has 0 bridgehead atoms. The van der Waals surface area contributed by atoms with Crippen molar-refractivity contribution in [2.24, 2.45) is 0 Å². The van der Waals surface area contributed by atoms with E-state index in [1.165, 1.54) is 37.5 Å². The molecule has 0 unspecified atom stereocenters. The van der Waals surface area contributed by atoms with Gasteiger partial charge in [0.1, 0.15) is 0 Å². The Kier molecular flexibility index (Phi) is 6.07. The van der Waals surface area contributed by atoms with Crippen molar-refractivity contribution in [3.8, 4) is 5.75 Å². The molecule has 0 aliphatic rings. The van der Waals surface area contributed by atoms with E-state index in [-0.39, 0.29) is 11.3 Å². The van der Waals surface area contributed by atoms with E-state index < -0.39 is 28.6 Å². The Balaban J connectivity index is 2.08. The Morgan fingerprint density at radius 2 is 2.12 bits per heavy atom. The van der Waals surface area contributed by atoms with Crippen molar-refractivity contribution in [3.63, 3.8) is 0 Å². The fourth-order valence-corrected chi connectivity index (χ4v) is 2.62. The lowest BCUT2D eigenvalue weighted by atomic mass is 10.2. The average molecular weight is 364 g/mol. The van der Waals surface area contributed by atoms with Gasteiger partial charge in [0, 0.05) is 10.9 Å². The molecular weight excluding hydrogens is 348 g/mol. The maximum atomic E-state index is 12.1. The Morgan fingerprint density at radius 1 is 1.36 bits per heavy atom. The number of benzene rings is 1. The molecule has 1 aromatic carbocycles. The first-order chi connectivity index (χ1) is 11.9. The minimum Gasteiger partial charge on any atom is -0.474 e. The van der Waals surface area contributed by atoms with Crippen LogP contribution in [0.4, 0.5) is 5.69 Å². The molecule has 0 spiro atoms. The average Bonchev–Trinajstić information content (AvgIpc) is 3.12. The third-order valence-electron chi connectivity index (χ3n) is 3.27. The number of hydrogen-bond donors (Lipinski definition) is 1. The monoisotopic (exact) mass is 364 g/mol. The molecule has 8 nitrogen and oxygen atoms in total. The van der Waals surface area contributed by atoms with Gasteiger partial charge in [-0.15, -0.1) is 11.3 Å². The number of esters is 1. The van der Waals surface area contributed by atoms with Crippen LogP contribution in [0.5, 0.6) is 5.75 Å². The highest BCUT2D eigenvalue weighted by Crippen LogP contribution is 2.29. The van der Waals surface area contributed by atoms with E-state index in [0.29, 0.717) is 6.54 Å². The van der Waals surface area contributed by atoms with Crippen molar-refractivity contribution in [1.29, 1.82) is 0 Å². The van der Waals surface area contributed by atoms with Gasteiger partial charge in [-0.05, 0) is 30.5 Å². The van der Waals surface area contributed by atoms with Gasteiger partial charge in [-0.1, -0.05) is 6.07 Å². The summed E-state index contributed by atoms with van der Waals surface area (Å²) in [5.41, 5.74) is -0.392. The minimum absolute atomic E-state index is 0.0244. The number of nitrogens with one attached hydrogen (secondary N) is 1. The molecule has 1 N–H and O–H groups in total. The van der Waals surface area contributed by atoms with Crippen LogP contribution in [0.25, 0.3) is 0 Å². The Labute approximate surface area is 147 Å². The van der Waals surface area contributed by atoms with Gasteiger partial charge >= 0.3 is 11.7 Å². The first-order valence-corrected chi connectivity index (χ1v) is 8.14. The summed E-state index contributed by atoms with van der Waals surface area (Å²) in [5, 5.41) is 15.8. The number of ether oxygens (including phenoxy) is 2. The van der Waals surface area contributed by atoms with Gasteiger partial charge < -0.3 is 14.8 Å². The number of nitro groups is 1. The molecule has 0 aliphatic carbocycles. The fraction of sp³-hybridized carbons (Fsp3) is 0.250. The molecule has 0 radical (unpaired) electrons. The lowest BCUT2D eigenvalue weighted by Gasteiger charge is -2.14. The summed E-state index contributed by atoms with van der Waals surface area (Å²) >= 11 is 1.50. The molecule has 0 fully saturated rings. The van der Waals surface area contributed by atoms with Gasteiger partial charge in [0.15, 0.2) is 11.9 Å². The zero-order valence-electron chi connectivity index (χ0n) is 13.6. The molecule has 2 rings (SSSR count). The van der Waals surface area contributed by atoms with Crippen molar-refractivity contribution >= 4 is 28.9 Å². The predicted octanol–water partition coefficient (Wildman–Crippen LogP) is 2.53. The lowest BCUT2D eigenvalue weighted by Crippen LogP contribution is -2.35. The van der Waals surface area contributed by atoms with E-state index >= 15 is 0 Å². The summed E-state index contributed by atoms with van der Waals surface area (Å²) < 4.78 is 9.94. The summed E-state index contributed by atoms with van der Waals surface area (Å²) in [7, 11) is 1.18.